The Kier molecular flexibility index (Phi) is 8.14. The largest absolute Gasteiger partial charge is 0.398 e. The Labute approximate surface area is 248 Å². The number of aryl methyl sites for hydroxylation is 4. The number of anilines is 7. The molecule has 5 aromatic rings. The van der Waals surface area contributed by atoms with Crippen molar-refractivity contribution in [3.8, 4) is 0 Å². The lowest BCUT2D eigenvalue weighted by atomic mass is 9.96. The van der Waals surface area contributed by atoms with Crippen LogP contribution in [0.3, 0.4) is 0 Å². The van der Waals surface area contributed by atoms with Crippen LogP contribution in [-0.2, 0) is 16.5 Å². The van der Waals surface area contributed by atoms with Crippen LogP contribution in [0.15, 0.2) is 66.1 Å². The van der Waals surface area contributed by atoms with Gasteiger partial charge in [-0.3, -0.25) is 9.87 Å². The third kappa shape index (κ3) is 7.17. The van der Waals surface area contributed by atoms with Gasteiger partial charge in [0, 0.05) is 17.1 Å². The van der Waals surface area contributed by atoms with Gasteiger partial charge < -0.3 is 16.4 Å². The zero-order valence-electron chi connectivity index (χ0n) is 23.9. The van der Waals surface area contributed by atoms with Gasteiger partial charge in [-0.2, -0.15) is 23.4 Å². The molecule has 0 radical (unpaired) electrons. The van der Waals surface area contributed by atoms with Crippen molar-refractivity contribution in [2.24, 2.45) is 0 Å². The van der Waals surface area contributed by atoms with E-state index in [1.54, 1.807) is 0 Å². The number of benzene rings is 3. The molecule has 0 atom stereocenters. The van der Waals surface area contributed by atoms with Crippen molar-refractivity contribution in [2.75, 3.05) is 21.7 Å². The zero-order chi connectivity index (χ0) is 30.7. The smallest absolute Gasteiger partial charge is 0.294 e. The minimum atomic E-state index is -4.32. The monoisotopic (exact) mass is 598 g/mol. The fraction of sp³-hybridized carbons (Fsp3) is 0.172. The van der Waals surface area contributed by atoms with Crippen LogP contribution in [0.2, 0.25) is 0 Å². The van der Waals surface area contributed by atoms with Gasteiger partial charge in [0.2, 0.25) is 23.8 Å². The maximum absolute atomic E-state index is 11.4. The van der Waals surface area contributed by atoms with E-state index < -0.39 is 10.1 Å². The summed E-state index contributed by atoms with van der Waals surface area (Å²) in [6.45, 7) is 8.07. The number of nitrogens with zero attached hydrogens (tertiary/aromatic N) is 6. The van der Waals surface area contributed by atoms with Crippen molar-refractivity contribution < 1.29 is 13.0 Å². The zero-order valence-corrected chi connectivity index (χ0v) is 24.7. The van der Waals surface area contributed by atoms with Crippen LogP contribution in [0.5, 0.6) is 0 Å². The highest BCUT2D eigenvalue weighted by Gasteiger charge is 2.14. The fourth-order valence-electron chi connectivity index (χ4n) is 4.65. The van der Waals surface area contributed by atoms with E-state index in [2.05, 4.69) is 70.1 Å². The molecular formula is C29H30N10O3S. The first-order valence-corrected chi connectivity index (χ1v) is 14.6. The Morgan fingerprint density at radius 3 is 1.72 bits per heavy atom. The van der Waals surface area contributed by atoms with E-state index in [4.69, 9.17) is 5.73 Å². The minimum Gasteiger partial charge on any atom is -0.398 e. The maximum atomic E-state index is 11.4. The van der Waals surface area contributed by atoms with E-state index in [-0.39, 0.29) is 28.7 Å². The molecule has 6 N–H and O–H groups in total. The second-order valence-electron chi connectivity index (χ2n) is 10.1. The van der Waals surface area contributed by atoms with Gasteiger partial charge in [0.15, 0.2) is 0 Å². The normalized spacial score (nSPS) is 11.3. The van der Waals surface area contributed by atoms with Crippen molar-refractivity contribution >= 4 is 51.0 Å². The molecule has 43 heavy (non-hydrogen) atoms. The van der Waals surface area contributed by atoms with Gasteiger partial charge in [0.25, 0.3) is 10.1 Å². The predicted octanol–water partition coefficient (Wildman–Crippen LogP) is 4.94. The summed E-state index contributed by atoms with van der Waals surface area (Å²) in [5.41, 5.74) is 14.8. The van der Waals surface area contributed by atoms with E-state index in [0.717, 1.165) is 45.6 Å². The molecule has 2 heterocycles. The topological polar surface area (TPSA) is 194 Å². The summed E-state index contributed by atoms with van der Waals surface area (Å²) in [6, 6.07) is 14.0. The lowest BCUT2D eigenvalue weighted by molar-refractivity contribution is 0.483. The molecule has 5 rings (SSSR count). The lowest BCUT2D eigenvalue weighted by Crippen LogP contribution is -2.09. The number of nitrogens with two attached hydrogens (primary N) is 1. The number of aromatic nitrogens is 6. The molecule has 220 valence electrons. The van der Waals surface area contributed by atoms with Crippen molar-refractivity contribution in [1.29, 1.82) is 0 Å². The quantitative estimate of drug-likeness (QED) is 0.113. The minimum absolute atomic E-state index is 0.154. The Morgan fingerprint density at radius 2 is 1.19 bits per heavy atom. The lowest BCUT2D eigenvalue weighted by Gasteiger charge is -2.16. The average Bonchev–Trinajstić information content (AvgIpc) is 2.94. The molecule has 0 saturated carbocycles. The maximum Gasteiger partial charge on any atom is 0.294 e. The molecule has 3 aromatic carbocycles. The van der Waals surface area contributed by atoms with E-state index in [1.165, 1.54) is 42.5 Å². The highest BCUT2D eigenvalue weighted by molar-refractivity contribution is 7.85. The van der Waals surface area contributed by atoms with Crippen molar-refractivity contribution in [3.63, 3.8) is 0 Å². The van der Waals surface area contributed by atoms with Gasteiger partial charge in [-0.05, 0) is 91.8 Å². The second-order valence-corrected chi connectivity index (χ2v) is 11.5. The number of nitrogens with one attached hydrogen (secondary N) is 3. The Morgan fingerprint density at radius 1 is 0.698 bits per heavy atom. The summed E-state index contributed by atoms with van der Waals surface area (Å²) in [5, 5.41) is 9.29. The fourth-order valence-corrected chi connectivity index (χ4v) is 5.13. The van der Waals surface area contributed by atoms with Gasteiger partial charge in [-0.1, -0.05) is 24.3 Å². The van der Waals surface area contributed by atoms with Crippen LogP contribution < -0.4 is 21.7 Å². The molecule has 0 amide bonds. The van der Waals surface area contributed by atoms with Crippen LogP contribution in [0.1, 0.15) is 33.4 Å². The molecule has 0 spiro atoms. The van der Waals surface area contributed by atoms with E-state index in [9.17, 15) is 13.0 Å². The van der Waals surface area contributed by atoms with Crippen LogP contribution in [-0.4, -0.2) is 42.9 Å². The first-order chi connectivity index (χ1) is 20.4. The van der Waals surface area contributed by atoms with Crippen LogP contribution >= 0.6 is 0 Å². The first kappa shape index (κ1) is 29.3. The number of rotatable bonds is 9. The van der Waals surface area contributed by atoms with Gasteiger partial charge in [-0.25, -0.2) is 15.0 Å². The highest BCUT2D eigenvalue weighted by atomic mass is 32.2. The number of hydrogen-bond acceptors (Lipinski definition) is 12. The molecule has 0 aliphatic heterocycles. The van der Waals surface area contributed by atoms with Crippen molar-refractivity contribution in [2.45, 2.75) is 39.0 Å². The molecule has 0 aliphatic rings. The van der Waals surface area contributed by atoms with E-state index >= 15 is 0 Å². The Hall–Kier alpha value is -5.21. The van der Waals surface area contributed by atoms with E-state index in [0.29, 0.717) is 5.69 Å². The summed E-state index contributed by atoms with van der Waals surface area (Å²) < 4.78 is 32.1. The van der Waals surface area contributed by atoms with Gasteiger partial charge in [0.1, 0.15) is 12.7 Å². The molecule has 2 aromatic heterocycles. The summed E-state index contributed by atoms with van der Waals surface area (Å²) in [5.74, 6) is 0.796. The summed E-state index contributed by atoms with van der Waals surface area (Å²) >= 11 is 0. The van der Waals surface area contributed by atoms with Gasteiger partial charge >= 0.3 is 0 Å². The number of nitrogen functional groups attached to an aromatic ring is 1. The molecule has 0 fully saturated rings. The standard InChI is InChI=1S/C29H30N10O3S/c1-16-9-20(10-17(2)24(16)30)13-21-11-18(3)25(19(4)12-21)35-28-37-27(34-22-5-7-23(8-6-22)43(40,41)42)38-29(39-28)36-26-32-14-31-15-33-26/h5-12,14-15H,13,30H2,1-4H3,(H,40,41,42)(H3,31,32,33,34,35,36,37,38,39). The molecule has 0 saturated heterocycles. The molecule has 0 unspecified atom stereocenters. The second kappa shape index (κ2) is 12.0. The van der Waals surface area contributed by atoms with Crippen molar-refractivity contribution in [1.82, 2.24) is 29.9 Å². The summed E-state index contributed by atoms with van der Waals surface area (Å²) in [4.78, 5) is 25.1. The first-order valence-electron chi connectivity index (χ1n) is 13.2. The molecular weight excluding hydrogens is 568 g/mol. The van der Waals surface area contributed by atoms with Crippen LogP contribution in [0.4, 0.5) is 40.9 Å². The Bertz CT molecular complexity index is 1850. The number of hydrogen-bond donors (Lipinski definition) is 5. The van der Waals surface area contributed by atoms with E-state index in [1.807, 2.05) is 27.7 Å². The molecule has 0 bridgehead atoms. The summed E-state index contributed by atoms with van der Waals surface area (Å²) in [6.07, 6.45) is 3.44. The highest BCUT2D eigenvalue weighted by Crippen LogP contribution is 2.28. The third-order valence-corrected chi connectivity index (χ3v) is 7.52. The SMILES string of the molecule is Cc1cc(Cc2cc(C)c(Nc3nc(Nc4ccc(S(=O)(=O)O)cc4)nc(Nc4ncncn4)n3)c(C)c2)cc(C)c1N. The summed E-state index contributed by atoms with van der Waals surface area (Å²) in [7, 11) is -4.32. The van der Waals surface area contributed by atoms with Gasteiger partial charge in [-0.15, -0.1) is 0 Å². The van der Waals surface area contributed by atoms with Crippen LogP contribution in [0, 0.1) is 27.7 Å². The van der Waals surface area contributed by atoms with Gasteiger partial charge in [0.05, 0.1) is 4.90 Å². The molecule has 13 nitrogen and oxygen atoms in total. The molecule has 0 aliphatic carbocycles. The average molecular weight is 599 g/mol. The predicted molar refractivity (Wildman–Crippen MR) is 165 cm³/mol. The third-order valence-electron chi connectivity index (χ3n) is 6.65. The van der Waals surface area contributed by atoms with Crippen LogP contribution in [0.25, 0.3) is 0 Å². The molecule has 14 heteroatoms. The van der Waals surface area contributed by atoms with Crippen molar-refractivity contribution in [3.05, 3.63) is 94.6 Å². The Balaban J connectivity index is 1.44.